The van der Waals surface area contributed by atoms with Gasteiger partial charge in [0.25, 0.3) is 15.7 Å². The maximum Gasteiger partial charge on any atom is 0.271 e. The van der Waals surface area contributed by atoms with Crippen molar-refractivity contribution in [1.29, 1.82) is 0 Å². The third-order valence-corrected chi connectivity index (χ3v) is 8.62. The minimum absolute atomic E-state index is 0.0247. The van der Waals surface area contributed by atoms with E-state index in [4.69, 9.17) is 0 Å². The molecule has 0 unspecified atom stereocenters. The number of benzene rings is 4. The molecule has 0 spiro atoms. The minimum Gasteiger partial charge on any atom is -0.352 e. The van der Waals surface area contributed by atoms with Gasteiger partial charge in [-0.3, -0.25) is 24.0 Å². The van der Waals surface area contributed by atoms with Gasteiger partial charge in [-0.25, -0.2) is 8.42 Å². The summed E-state index contributed by atoms with van der Waals surface area (Å²) in [5, 5.41) is 14.5. The highest BCUT2D eigenvalue weighted by molar-refractivity contribution is 7.92. The van der Waals surface area contributed by atoms with Crippen molar-refractivity contribution in [2.45, 2.75) is 43.8 Å². The molecule has 10 nitrogen and oxygen atoms in total. The highest BCUT2D eigenvalue weighted by Gasteiger charge is 2.35. The molecular formula is C33H34N4O6S. The van der Waals surface area contributed by atoms with Crippen molar-refractivity contribution in [3.8, 4) is 0 Å². The van der Waals surface area contributed by atoms with Crippen LogP contribution in [0.5, 0.6) is 0 Å². The van der Waals surface area contributed by atoms with E-state index in [1.54, 1.807) is 18.2 Å². The van der Waals surface area contributed by atoms with Crippen molar-refractivity contribution in [1.82, 2.24) is 10.2 Å². The maximum absolute atomic E-state index is 14.4. The predicted molar refractivity (Wildman–Crippen MR) is 168 cm³/mol. The van der Waals surface area contributed by atoms with E-state index in [1.165, 1.54) is 35.2 Å². The average molecular weight is 615 g/mol. The van der Waals surface area contributed by atoms with Gasteiger partial charge in [-0.15, -0.1) is 0 Å². The molecule has 0 aliphatic rings. The van der Waals surface area contributed by atoms with Crippen molar-refractivity contribution in [2.24, 2.45) is 0 Å². The van der Waals surface area contributed by atoms with Gasteiger partial charge in [0.2, 0.25) is 11.8 Å². The summed E-state index contributed by atoms with van der Waals surface area (Å²) < 4.78 is 28.8. The number of amides is 2. The van der Waals surface area contributed by atoms with Crippen molar-refractivity contribution in [2.75, 3.05) is 10.8 Å². The van der Waals surface area contributed by atoms with Gasteiger partial charge in [0.15, 0.2) is 0 Å². The van der Waals surface area contributed by atoms with Crippen LogP contribution < -0.4 is 9.62 Å². The Morgan fingerprint density at radius 2 is 1.39 bits per heavy atom. The van der Waals surface area contributed by atoms with Crippen LogP contribution in [0.15, 0.2) is 120 Å². The zero-order valence-corrected chi connectivity index (χ0v) is 25.3. The lowest BCUT2D eigenvalue weighted by molar-refractivity contribution is -0.384. The first-order valence-corrected chi connectivity index (χ1v) is 15.5. The number of hydrogen-bond donors (Lipinski definition) is 1. The van der Waals surface area contributed by atoms with E-state index in [0.29, 0.717) is 0 Å². The van der Waals surface area contributed by atoms with E-state index in [0.717, 1.165) is 21.5 Å². The molecule has 4 aromatic carbocycles. The lowest BCUT2D eigenvalue weighted by Crippen LogP contribution is -2.54. The van der Waals surface area contributed by atoms with Crippen LogP contribution in [0.25, 0.3) is 0 Å². The Kier molecular flexibility index (Phi) is 10.5. The zero-order valence-electron chi connectivity index (χ0n) is 24.4. The number of nitro groups is 1. The molecule has 228 valence electrons. The quantitative estimate of drug-likeness (QED) is 0.168. The number of non-ortho nitro benzene ring substituents is 1. The fourth-order valence-corrected chi connectivity index (χ4v) is 6.15. The van der Waals surface area contributed by atoms with Crippen LogP contribution in [0, 0.1) is 10.1 Å². The predicted octanol–water partition coefficient (Wildman–Crippen LogP) is 4.95. The molecule has 1 N–H and O–H groups in total. The van der Waals surface area contributed by atoms with Crippen molar-refractivity contribution < 1.29 is 22.9 Å². The van der Waals surface area contributed by atoms with Gasteiger partial charge >= 0.3 is 0 Å². The second kappa shape index (κ2) is 14.4. The SMILES string of the molecule is CC(C)NC(=O)[C@@H](Cc1ccccc1)N(Cc1ccccc1)C(=O)CN(c1cccc([N+](=O)[O-])c1)S(=O)(=O)c1ccccc1. The summed E-state index contributed by atoms with van der Waals surface area (Å²) in [6.07, 6.45) is 0.181. The lowest BCUT2D eigenvalue weighted by atomic mass is 10.0. The van der Waals surface area contributed by atoms with E-state index in [2.05, 4.69) is 5.32 Å². The van der Waals surface area contributed by atoms with Gasteiger partial charge in [-0.2, -0.15) is 0 Å². The topological polar surface area (TPSA) is 130 Å². The largest absolute Gasteiger partial charge is 0.352 e. The zero-order chi connectivity index (χ0) is 31.7. The first-order valence-electron chi connectivity index (χ1n) is 14.1. The van der Waals surface area contributed by atoms with Gasteiger partial charge in [0.1, 0.15) is 12.6 Å². The molecule has 0 bridgehead atoms. The summed E-state index contributed by atoms with van der Waals surface area (Å²) in [4.78, 5) is 40.3. The van der Waals surface area contributed by atoms with Gasteiger partial charge in [0, 0.05) is 31.1 Å². The molecular weight excluding hydrogens is 580 g/mol. The number of rotatable bonds is 13. The summed E-state index contributed by atoms with van der Waals surface area (Å²) in [5.74, 6) is -1.04. The second-order valence-electron chi connectivity index (χ2n) is 10.5. The number of nitrogens with one attached hydrogen (secondary N) is 1. The summed E-state index contributed by atoms with van der Waals surface area (Å²) in [7, 11) is -4.36. The molecule has 0 aromatic heterocycles. The second-order valence-corrected chi connectivity index (χ2v) is 12.3. The van der Waals surface area contributed by atoms with Crippen LogP contribution in [0.3, 0.4) is 0 Å². The standard InChI is InChI=1S/C33H34N4O6S/c1-25(2)34-33(39)31(21-26-13-6-3-7-14-26)35(23-27-15-8-4-9-16-27)32(38)24-36(28-17-12-18-29(22-28)37(40)41)44(42,43)30-19-10-5-11-20-30/h3-20,22,25,31H,21,23-24H2,1-2H3,(H,34,39)/t31-/m1/s1. The third kappa shape index (κ3) is 8.07. The van der Waals surface area contributed by atoms with E-state index >= 15 is 0 Å². The number of carbonyl (C=O) groups excluding carboxylic acids is 2. The van der Waals surface area contributed by atoms with Crippen molar-refractivity contribution in [3.05, 3.63) is 137 Å². The normalized spacial score (nSPS) is 11.9. The molecule has 2 amide bonds. The molecule has 4 rings (SSSR count). The van der Waals surface area contributed by atoms with E-state index in [9.17, 15) is 28.1 Å². The average Bonchev–Trinajstić information content (AvgIpc) is 3.02. The monoisotopic (exact) mass is 614 g/mol. The molecule has 0 fully saturated rings. The highest BCUT2D eigenvalue weighted by Crippen LogP contribution is 2.28. The molecule has 0 aliphatic carbocycles. The Morgan fingerprint density at radius 3 is 1.95 bits per heavy atom. The maximum atomic E-state index is 14.4. The van der Waals surface area contributed by atoms with Crippen LogP contribution in [0.2, 0.25) is 0 Å². The van der Waals surface area contributed by atoms with Gasteiger partial charge in [0.05, 0.1) is 15.5 Å². The number of hydrogen-bond acceptors (Lipinski definition) is 6. The summed E-state index contributed by atoms with van der Waals surface area (Å²) in [6, 6.07) is 29.8. The Labute approximate surface area is 257 Å². The van der Waals surface area contributed by atoms with Crippen LogP contribution in [0.4, 0.5) is 11.4 Å². The number of carbonyl (C=O) groups is 2. The van der Waals surface area contributed by atoms with Crippen LogP contribution in [-0.4, -0.2) is 48.7 Å². The lowest BCUT2D eigenvalue weighted by Gasteiger charge is -2.34. The Hall–Kier alpha value is -5.03. The summed E-state index contributed by atoms with van der Waals surface area (Å²) >= 11 is 0. The van der Waals surface area contributed by atoms with Gasteiger partial charge < -0.3 is 10.2 Å². The summed E-state index contributed by atoms with van der Waals surface area (Å²) in [5.41, 5.74) is 1.17. The van der Waals surface area contributed by atoms with Crippen molar-refractivity contribution in [3.63, 3.8) is 0 Å². The fraction of sp³-hybridized carbons (Fsp3) is 0.212. The molecule has 11 heteroatoms. The van der Waals surface area contributed by atoms with Crippen molar-refractivity contribution >= 4 is 33.2 Å². The number of sulfonamides is 1. The van der Waals surface area contributed by atoms with Gasteiger partial charge in [-0.05, 0) is 43.2 Å². The van der Waals surface area contributed by atoms with E-state index < -0.39 is 33.4 Å². The van der Waals surface area contributed by atoms with E-state index in [1.807, 2.05) is 74.5 Å². The molecule has 1 atom stereocenters. The minimum atomic E-state index is -4.36. The molecule has 44 heavy (non-hydrogen) atoms. The number of anilines is 1. The number of nitrogens with zero attached hydrogens (tertiary/aromatic N) is 3. The molecule has 4 aromatic rings. The Bertz CT molecular complexity index is 1680. The van der Waals surface area contributed by atoms with Crippen LogP contribution in [0.1, 0.15) is 25.0 Å². The smallest absolute Gasteiger partial charge is 0.271 e. The third-order valence-electron chi connectivity index (χ3n) is 6.84. The molecule has 0 saturated heterocycles. The summed E-state index contributed by atoms with van der Waals surface area (Å²) in [6.45, 7) is 2.96. The highest BCUT2D eigenvalue weighted by atomic mass is 32.2. The van der Waals surface area contributed by atoms with Crippen LogP contribution >= 0.6 is 0 Å². The number of nitro benzene ring substituents is 1. The fourth-order valence-electron chi connectivity index (χ4n) is 4.72. The first-order chi connectivity index (χ1) is 21.1. The Balaban J connectivity index is 1.81. The molecule has 0 radical (unpaired) electrons. The molecule has 0 aliphatic heterocycles. The molecule has 0 heterocycles. The Morgan fingerprint density at radius 1 is 0.818 bits per heavy atom. The van der Waals surface area contributed by atoms with Gasteiger partial charge in [-0.1, -0.05) is 84.9 Å². The van der Waals surface area contributed by atoms with Crippen LogP contribution in [-0.2, 0) is 32.6 Å². The van der Waals surface area contributed by atoms with E-state index in [-0.39, 0.29) is 41.2 Å². The first kappa shape index (κ1) is 31.9. The molecule has 0 saturated carbocycles.